The lowest BCUT2D eigenvalue weighted by molar-refractivity contribution is -0.137. The zero-order valence-corrected chi connectivity index (χ0v) is 16.6. The highest BCUT2D eigenvalue weighted by Crippen LogP contribution is 2.34. The molecule has 1 saturated heterocycles. The standard InChI is InChI=1S/C20H18F3N5O3/c1-19(8-9-24-17(19)30)18-27-26-15(31-18)14-13(7-10-28(2)16(14)29)25-12-5-3-11(4-6-12)20(21,22)23/h3-7,10,25H,8-9H2,1-2H3,(H,24,30). The second kappa shape index (κ2) is 7.25. The van der Waals surface area contributed by atoms with Crippen LogP contribution >= 0.6 is 0 Å². The lowest BCUT2D eigenvalue weighted by atomic mass is 9.89. The van der Waals surface area contributed by atoms with Crippen molar-refractivity contribution in [3.8, 4) is 11.5 Å². The summed E-state index contributed by atoms with van der Waals surface area (Å²) in [6, 6.07) is 5.96. The molecule has 3 aromatic rings. The van der Waals surface area contributed by atoms with Gasteiger partial charge in [-0.1, -0.05) is 0 Å². The smallest absolute Gasteiger partial charge is 0.416 e. The fraction of sp³-hybridized carbons (Fsp3) is 0.300. The second-order valence-corrected chi connectivity index (χ2v) is 7.47. The van der Waals surface area contributed by atoms with Gasteiger partial charge in [-0.2, -0.15) is 13.2 Å². The number of amides is 1. The number of rotatable bonds is 4. The van der Waals surface area contributed by atoms with Gasteiger partial charge in [-0.25, -0.2) is 0 Å². The van der Waals surface area contributed by atoms with Gasteiger partial charge >= 0.3 is 6.18 Å². The Labute approximate surface area is 174 Å². The normalized spacial score (nSPS) is 18.8. The SMILES string of the molecule is Cn1ccc(Nc2ccc(C(F)(F)F)cc2)c(-c2nnc(C3(C)CCNC3=O)o2)c1=O. The number of aryl methyl sites for hydroxylation is 1. The van der Waals surface area contributed by atoms with E-state index >= 15 is 0 Å². The van der Waals surface area contributed by atoms with Gasteiger partial charge in [0.15, 0.2) is 0 Å². The quantitative estimate of drug-likeness (QED) is 0.656. The number of nitrogens with zero attached hydrogens (tertiary/aromatic N) is 3. The first-order valence-corrected chi connectivity index (χ1v) is 9.36. The molecule has 8 nitrogen and oxygen atoms in total. The molecule has 31 heavy (non-hydrogen) atoms. The first kappa shape index (κ1) is 20.6. The van der Waals surface area contributed by atoms with Crippen LogP contribution in [0.4, 0.5) is 24.5 Å². The summed E-state index contributed by atoms with van der Waals surface area (Å²) in [5.74, 6) is -0.248. The number of hydrogen-bond acceptors (Lipinski definition) is 6. The van der Waals surface area contributed by atoms with Gasteiger partial charge in [0.25, 0.3) is 11.4 Å². The molecule has 11 heteroatoms. The Kier molecular flexibility index (Phi) is 4.83. The number of halogens is 3. The minimum absolute atomic E-state index is 0.0469. The van der Waals surface area contributed by atoms with Crippen LogP contribution in [0, 0.1) is 0 Å². The maximum absolute atomic E-state index is 12.8. The molecule has 1 aliphatic heterocycles. The van der Waals surface area contributed by atoms with Gasteiger partial charge in [0.05, 0.1) is 11.3 Å². The van der Waals surface area contributed by atoms with Crippen LogP contribution < -0.4 is 16.2 Å². The van der Waals surface area contributed by atoms with E-state index in [1.807, 2.05) is 0 Å². The lowest BCUT2D eigenvalue weighted by Crippen LogP contribution is -2.32. The summed E-state index contributed by atoms with van der Waals surface area (Å²) in [7, 11) is 1.54. The summed E-state index contributed by atoms with van der Waals surface area (Å²) in [6.45, 7) is 2.15. The average molecular weight is 433 g/mol. The topological polar surface area (TPSA) is 102 Å². The van der Waals surface area contributed by atoms with Crippen molar-refractivity contribution in [1.82, 2.24) is 20.1 Å². The Balaban J connectivity index is 1.72. The summed E-state index contributed by atoms with van der Waals surface area (Å²) < 4.78 is 45.4. The summed E-state index contributed by atoms with van der Waals surface area (Å²) in [4.78, 5) is 25.0. The molecule has 1 atom stereocenters. The zero-order chi connectivity index (χ0) is 22.4. The molecule has 3 heterocycles. The van der Waals surface area contributed by atoms with Crippen molar-refractivity contribution in [3.63, 3.8) is 0 Å². The number of carbonyl (C=O) groups excluding carboxylic acids is 1. The number of alkyl halides is 3. The highest BCUT2D eigenvalue weighted by molar-refractivity contribution is 5.88. The third-order valence-corrected chi connectivity index (χ3v) is 5.28. The number of carbonyl (C=O) groups is 1. The molecule has 0 bridgehead atoms. The van der Waals surface area contributed by atoms with Crippen LogP contribution in [0.5, 0.6) is 0 Å². The van der Waals surface area contributed by atoms with E-state index in [1.165, 1.54) is 29.9 Å². The van der Waals surface area contributed by atoms with E-state index in [0.29, 0.717) is 18.7 Å². The Morgan fingerprint density at radius 2 is 1.87 bits per heavy atom. The number of anilines is 2. The maximum Gasteiger partial charge on any atom is 0.416 e. The molecular formula is C20H18F3N5O3. The second-order valence-electron chi connectivity index (χ2n) is 7.47. The van der Waals surface area contributed by atoms with Crippen molar-refractivity contribution < 1.29 is 22.4 Å². The summed E-state index contributed by atoms with van der Waals surface area (Å²) in [5, 5.41) is 13.6. The van der Waals surface area contributed by atoms with E-state index in [-0.39, 0.29) is 28.9 Å². The van der Waals surface area contributed by atoms with Crippen molar-refractivity contribution in [3.05, 3.63) is 58.3 Å². The number of pyridine rings is 1. The third-order valence-electron chi connectivity index (χ3n) is 5.28. The number of nitrogens with one attached hydrogen (secondary N) is 2. The zero-order valence-electron chi connectivity index (χ0n) is 16.6. The van der Waals surface area contributed by atoms with Crippen molar-refractivity contribution >= 4 is 17.3 Å². The molecule has 0 aliphatic carbocycles. The van der Waals surface area contributed by atoms with Crippen molar-refractivity contribution in [2.24, 2.45) is 7.05 Å². The minimum atomic E-state index is -4.45. The highest BCUT2D eigenvalue weighted by Gasteiger charge is 2.44. The van der Waals surface area contributed by atoms with E-state index in [4.69, 9.17) is 4.42 Å². The van der Waals surface area contributed by atoms with Gasteiger partial charge in [0.2, 0.25) is 11.8 Å². The van der Waals surface area contributed by atoms with Gasteiger partial charge in [-0.05, 0) is 43.7 Å². The minimum Gasteiger partial charge on any atom is -0.419 e. The molecule has 1 aromatic carbocycles. The lowest BCUT2D eigenvalue weighted by Gasteiger charge is -2.14. The molecule has 1 fully saturated rings. The van der Waals surface area contributed by atoms with E-state index in [2.05, 4.69) is 20.8 Å². The predicted molar refractivity (Wildman–Crippen MR) is 105 cm³/mol. The number of aromatic nitrogens is 3. The first-order valence-electron chi connectivity index (χ1n) is 9.36. The van der Waals surface area contributed by atoms with Crippen molar-refractivity contribution in [1.29, 1.82) is 0 Å². The Morgan fingerprint density at radius 1 is 1.16 bits per heavy atom. The molecular weight excluding hydrogens is 415 g/mol. The fourth-order valence-corrected chi connectivity index (χ4v) is 3.32. The van der Waals surface area contributed by atoms with Crippen LogP contribution in [-0.4, -0.2) is 27.2 Å². The van der Waals surface area contributed by atoms with E-state index in [0.717, 1.165) is 12.1 Å². The maximum atomic E-state index is 12.8. The molecule has 0 saturated carbocycles. The van der Waals surface area contributed by atoms with Crippen molar-refractivity contribution in [2.75, 3.05) is 11.9 Å². The Morgan fingerprint density at radius 3 is 2.48 bits per heavy atom. The summed E-state index contributed by atoms with van der Waals surface area (Å²) in [5.41, 5.74) is -1.57. The van der Waals surface area contributed by atoms with Gasteiger partial charge < -0.3 is 19.6 Å². The Hall–Kier alpha value is -3.63. The highest BCUT2D eigenvalue weighted by atomic mass is 19.4. The van der Waals surface area contributed by atoms with Crippen LogP contribution in [0.15, 0.2) is 45.7 Å². The number of benzene rings is 1. The van der Waals surface area contributed by atoms with E-state index in [9.17, 15) is 22.8 Å². The fourth-order valence-electron chi connectivity index (χ4n) is 3.32. The number of hydrogen-bond donors (Lipinski definition) is 2. The molecule has 2 aromatic heterocycles. The summed E-state index contributed by atoms with van der Waals surface area (Å²) >= 11 is 0. The molecule has 0 radical (unpaired) electrons. The first-order chi connectivity index (χ1) is 14.6. The van der Waals surface area contributed by atoms with Gasteiger partial charge in [0.1, 0.15) is 11.0 Å². The monoisotopic (exact) mass is 433 g/mol. The molecule has 0 spiro atoms. The molecule has 1 unspecified atom stereocenters. The van der Waals surface area contributed by atoms with E-state index in [1.54, 1.807) is 13.0 Å². The molecule has 1 aliphatic rings. The van der Waals surface area contributed by atoms with Crippen LogP contribution in [0.1, 0.15) is 24.8 Å². The van der Waals surface area contributed by atoms with E-state index < -0.39 is 22.7 Å². The molecule has 4 rings (SSSR count). The summed E-state index contributed by atoms with van der Waals surface area (Å²) in [6.07, 6.45) is -2.48. The Bertz CT molecular complexity index is 1200. The molecule has 2 N–H and O–H groups in total. The molecule has 1 amide bonds. The molecule has 162 valence electrons. The predicted octanol–water partition coefficient (Wildman–Crippen LogP) is 2.98. The van der Waals surface area contributed by atoms with Crippen LogP contribution in [0.25, 0.3) is 11.5 Å². The average Bonchev–Trinajstić information content (AvgIpc) is 3.33. The van der Waals surface area contributed by atoms with Crippen LogP contribution in [0.3, 0.4) is 0 Å². The third kappa shape index (κ3) is 3.66. The van der Waals surface area contributed by atoms with Crippen LogP contribution in [0.2, 0.25) is 0 Å². The van der Waals surface area contributed by atoms with Gasteiger partial charge in [-0.3, -0.25) is 9.59 Å². The van der Waals surface area contributed by atoms with Gasteiger partial charge in [-0.15, -0.1) is 10.2 Å². The van der Waals surface area contributed by atoms with Gasteiger partial charge in [0, 0.05) is 25.5 Å². The largest absolute Gasteiger partial charge is 0.419 e. The van der Waals surface area contributed by atoms with Crippen LogP contribution in [-0.2, 0) is 23.4 Å². The van der Waals surface area contributed by atoms with Crippen molar-refractivity contribution in [2.45, 2.75) is 24.9 Å².